The molecule has 1 aliphatic heterocycles. The molecule has 2 aromatic rings. The van der Waals surface area contributed by atoms with Gasteiger partial charge in [0, 0.05) is 58.1 Å². The number of carboxylic acids is 1. The highest BCUT2D eigenvalue weighted by Crippen LogP contribution is 2.21. The molecular formula is C21H27N5O4. The fourth-order valence-corrected chi connectivity index (χ4v) is 3.47. The number of carbonyl (C=O) groups excluding carboxylic acids is 1. The monoisotopic (exact) mass is 413 g/mol. The van der Waals surface area contributed by atoms with Crippen molar-refractivity contribution < 1.29 is 19.4 Å². The predicted octanol–water partition coefficient (Wildman–Crippen LogP) is 1.33. The summed E-state index contributed by atoms with van der Waals surface area (Å²) < 4.78 is 5.11. The first-order valence-electron chi connectivity index (χ1n) is 9.91. The summed E-state index contributed by atoms with van der Waals surface area (Å²) in [5.74, 6) is -1.83. The molecule has 0 unspecified atom stereocenters. The number of hydrogen-bond acceptors (Lipinski definition) is 7. The molecular weight excluding hydrogens is 386 g/mol. The number of nitrogens with zero attached hydrogens (tertiary/aromatic N) is 4. The van der Waals surface area contributed by atoms with E-state index < -0.39 is 11.9 Å². The van der Waals surface area contributed by atoms with Crippen molar-refractivity contribution in [2.75, 3.05) is 45.2 Å². The van der Waals surface area contributed by atoms with Crippen molar-refractivity contribution in [2.24, 2.45) is 5.92 Å². The molecule has 1 fully saturated rings. The van der Waals surface area contributed by atoms with Gasteiger partial charge in [0.1, 0.15) is 5.69 Å². The normalized spacial score (nSPS) is 16.0. The Morgan fingerprint density at radius 3 is 2.50 bits per heavy atom. The maximum Gasteiger partial charge on any atom is 0.308 e. The van der Waals surface area contributed by atoms with Gasteiger partial charge < -0.3 is 15.2 Å². The lowest BCUT2D eigenvalue weighted by molar-refractivity contribution is -0.144. The fourth-order valence-electron chi connectivity index (χ4n) is 3.47. The van der Waals surface area contributed by atoms with E-state index in [9.17, 15) is 14.7 Å². The number of pyridine rings is 2. The van der Waals surface area contributed by atoms with E-state index in [1.165, 1.54) is 7.11 Å². The zero-order valence-corrected chi connectivity index (χ0v) is 17.0. The van der Waals surface area contributed by atoms with Crippen molar-refractivity contribution >= 4 is 17.6 Å². The summed E-state index contributed by atoms with van der Waals surface area (Å²) in [6.07, 6.45) is 3.23. The van der Waals surface area contributed by atoms with Crippen LogP contribution in [0.15, 0.2) is 42.7 Å². The number of amides is 1. The zero-order chi connectivity index (χ0) is 21.3. The van der Waals surface area contributed by atoms with E-state index in [-0.39, 0.29) is 12.3 Å². The molecule has 0 spiro atoms. The second-order valence-corrected chi connectivity index (χ2v) is 7.25. The van der Waals surface area contributed by atoms with Crippen LogP contribution in [-0.4, -0.2) is 76.6 Å². The molecule has 0 aliphatic carbocycles. The summed E-state index contributed by atoms with van der Waals surface area (Å²) in [5, 5.41) is 12.3. The van der Waals surface area contributed by atoms with Gasteiger partial charge in [-0.05, 0) is 24.3 Å². The van der Waals surface area contributed by atoms with Gasteiger partial charge >= 0.3 is 5.97 Å². The predicted molar refractivity (Wildman–Crippen MR) is 111 cm³/mol. The van der Waals surface area contributed by atoms with Crippen LogP contribution in [-0.2, 0) is 16.1 Å². The van der Waals surface area contributed by atoms with Gasteiger partial charge in [-0.3, -0.25) is 24.4 Å². The first-order chi connectivity index (χ1) is 14.5. The second-order valence-electron chi connectivity index (χ2n) is 7.25. The molecule has 1 atom stereocenters. The number of carbonyl (C=O) groups is 2. The minimum Gasteiger partial charge on any atom is -0.481 e. The molecule has 160 valence electrons. The molecule has 1 aliphatic rings. The Morgan fingerprint density at radius 2 is 1.83 bits per heavy atom. The van der Waals surface area contributed by atoms with Crippen LogP contribution in [0.3, 0.4) is 0 Å². The van der Waals surface area contributed by atoms with E-state index in [1.807, 2.05) is 18.2 Å². The summed E-state index contributed by atoms with van der Waals surface area (Å²) >= 11 is 0. The van der Waals surface area contributed by atoms with Gasteiger partial charge in [-0.1, -0.05) is 6.07 Å². The highest BCUT2D eigenvalue weighted by Gasteiger charge is 2.27. The Kier molecular flexibility index (Phi) is 7.69. The van der Waals surface area contributed by atoms with Gasteiger partial charge in [0.05, 0.1) is 18.7 Å². The largest absolute Gasteiger partial charge is 0.481 e. The van der Waals surface area contributed by atoms with Crippen molar-refractivity contribution in [2.45, 2.75) is 13.0 Å². The maximum absolute atomic E-state index is 12.4. The number of aliphatic carboxylic acids is 1. The maximum atomic E-state index is 12.4. The summed E-state index contributed by atoms with van der Waals surface area (Å²) in [5.41, 5.74) is 1.45. The fraction of sp³-hybridized carbons (Fsp3) is 0.429. The number of methoxy groups -OCH3 is 1. The molecule has 3 heterocycles. The van der Waals surface area contributed by atoms with E-state index in [0.717, 1.165) is 38.4 Å². The van der Waals surface area contributed by atoms with E-state index in [4.69, 9.17) is 4.74 Å². The number of nitrogens with one attached hydrogen (secondary N) is 1. The highest BCUT2D eigenvalue weighted by molar-refractivity contribution is 5.94. The molecule has 30 heavy (non-hydrogen) atoms. The van der Waals surface area contributed by atoms with Gasteiger partial charge in [-0.15, -0.1) is 0 Å². The SMILES string of the molecule is COc1ncccc1NC(=O)C[C@@H](CN1CCN(Cc2ccccn2)CC1)C(=O)O. The highest BCUT2D eigenvalue weighted by atomic mass is 16.5. The molecule has 1 saturated heterocycles. The molecule has 1 amide bonds. The summed E-state index contributed by atoms with van der Waals surface area (Å²) in [4.78, 5) is 36.9. The number of hydrogen-bond donors (Lipinski definition) is 2. The third-order valence-corrected chi connectivity index (χ3v) is 5.07. The van der Waals surface area contributed by atoms with Crippen molar-refractivity contribution in [3.63, 3.8) is 0 Å². The van der Waals surface area contributed by atoms with Gasteiger partial charge in [0.2, 0.25) is 11.8 Å². The van der Waals surface area contributed by atoms with Gasteiger partial charge in [0.15, 0.2) is 0 Å². The Bertz CT molecular complexity index is 840. The Hall–Kier alpha value is -3.04. The number of ether oxygens (including phenoxy) is 1. The number of rotatable bonds is 9. The summed E-state index contributed by atoms with van der Waals surface area (Å²) in [6, 6.07) is 9.22. The van der Waals surface area contributed by atoms with E-state index in [2.05, 4.69) is 25.1 Å². The molecule has 9 heteroatoms. The minimum absolute atomic E-state index is 0.110. The van der Waals surface area contributed by atoms with Gasteiger partial charge in [-0.2, -0.15) is 0 Å². The van der Waals surface area contributed by atoms with Gasteiger partial charge in [-0.25, -0.2) is 4.98 Å². The average Bonchev–Trinajstić information content (AvgIpc) is 2.75. The van der Waals surface area contributed by atoms with Crippen LogP contribution < -0.4 is 10.1 Å². The first-order valence-corrected chi connectivity index (χ1v) is 9.91. The number of carboxylic acid groups (broad SMARTS) is 1. The van der Waals surface area contributed by atoms with Crippen molar-refractivity contribution in [1.82, 2.24) is 19.8 Å². The summed E-state index contributed by atoms with van der Waals surface area (Å²) in [6.45, 7) is 4.31. The van der Waals surface area contributed by atoms with Crippen LogP contribution >= 0.6 is 0 Å². The average molecular weight is 413 g/mol. The quantitative estimate of drug-likeness (QED) is 0.634. The van der Waals surface area contributed by atoms with Crippen LogP contribution in [0.1, 0.15) is 12.1 Å². The molecule has 0 bridgehead atoms. The number of aromatic nitrogens is 2. The number of anilines is 1. The topological polar surface area (TPSA) is 108 Å². The standard InChI is InChI=1S/C21H27N5O4/c1-30-20-18(6-4-8-23-20)24-19(27)13-16(21(28)29)14-25-9-11-26(12-10-25)15-17-5-2-3-7-22-17/h2-8,16H,9-15H2,1H3,(H,24,27)(H,28,29)/t16-/m0/s1. The molecule has 0 radical (unpaired) electrons. The molecule has 2 aromatic heterocycles. The van der Waals surface area contributed by atoms with Crippen molar-refractivity contribution in [3.8, 4) is 5.88 Å². The Morgan fingerprint density at radius 1 is 1.10 bits per heavy atom. The molecule has 0 saturated carbocycles. The molecule has 3 rings (SSSR count). The van der Waals surface area contributed by atoms with E-state index in [0.29, 0.717) is 18.1 Å². The molecule has 2 N–H and O–H groups in total. The smallest absolute Gasteiger partial charge is 0.308 e. The lowest BCUT2D eigenvalue weighted by atomic mass is 10.0. The summed E-state index contributed by atoms with van der Waals surface area (Å²) in [7, 11) is 1.46. The third kappa shape index (κ3) is 6.23. The van der Waals surface area contributed by atoms with Crippen molar-refractivity contribution in [1.29, 1.82) is 0 Å². The number of piperazine rings is 1. The van der Waals surface area contributed by atoms with Crippen molar-refractivity contribution in [3.05, 3.63) is 48.4 Å². The Labute approximate surface area is 175 Å². The van der Waals surface area contributed by atoms with Crippen LogP contribution in [0.2, 0.25) is 0 Å². The lowest BCUT2D eigenvalue weighted by Crippen LogP contribution is -2.48. The van der Waals surface area contributed by atoms with Crippen LogP contribution in [0.4, 0.5) is 5.69 Å². The van der Waals surface area contributed by atoms with E-state index in [1.54, 1.807) is 24.5 Å². The van der Waals surface area contributed by atoms with Crippen LogP contribution in [0.25, 0.3) is 0 Å². The second kappa shape index (κ2) is 10.7. The van der Waals surface area contributed by atoms with Crippen LogP contribution in [0.5, 0.6) is 5.88 Å². The zero-order valence-electron chi connectivity index (χ0n) is 17.0. The molecule has 0 aromatic carbocycles. The van der Waals surface area contributed by atoms with Crippen LogP contribution in [0, 0.1) is 5.92 Å². The first kappa shape index (κ1) is 21.7. The Balaban J connectivity index is 1.48. The minimum atomic E-state index is -0.973. The van der Waals surface area contributed by atoms with Gasteiger partial charge in [0.25, 0.3) is 0 Å². The molecule has 9 nitrogen and oxygen atoms in total. The van der Waals surface area contributed by atoms with E-state index >= 15 is 0 Å². The third-order valence-electron chi connectivity index (χ3n) is 5.07. The lowest BCUT2D eigenvalue weighted by Gasteiger charge is -2.35.